The maximum Gasteiger partial charge on any atom is 0.134 e. The molecule has 1 atom stereocenters. The van der Waals surface area contributed by atoms with Gasteiger partial charge in [0.25, 0.3) is 0 Å². The van der Waals surface area contributed by atoms with Gasteiger partial charge in [0.2, 0.25) is 0 Å². The molecule has 0 saturated carbocycles. The maximum atomic E-state index is 10.9. The van der Waals surface area contributed by atoms with E-state index in [1.807, 2.05) is 49.3 Å². The summed E-state index contributed by atoms with van der Waals surface area (Å²) >= 11 is 0. The third-order valence-corrected chi connectivity index (χ3v) is 5.03. The monoisotopic (exact) mass is 401 g/mol. The van der Waals surface area contributed by atoms with E-state index in [1.54, 1.807) is 6.33 Å². The summed E-state index contributed by atoms with van der Waals surface area (Å²) in [7, 11) is 3.90. The summed E-state index contributed by atoms with van der Waals surface area (Å²) in [5.74, 6) is 2.50. The van der Waals surface area contributed by atoms with Crippen LogP contribution in [0.5, 0.6) is 5.75 Å². The number of β-amino-alcohol motifs (C(OH)–C–C–N with tert-alkyl or cyclic N) is 1. The second-order valence-corrected chi connectivity index (χ2v) is 7.70. The normalized spacial score (nSPS) is 18.8. The fraction of sp³-hybridized carbons (Fsp3) is 0.524. The van der Waals surface area contributed by atoms with E-state index >= 15 is 0 Å². The van der Waals surface area contributed by atoms with E-state index in [1.165, 1.54) is 0 Å². The number of nitrogens with zero attached hydrogens (tertiary/aromatic N) is 4. The molecule has 0 spiro atoms. The molecule has 158 valence electrons. The van der Waals surface area contributed by atoms with Gasteiger partial charge in [-0.1, -0.05) is 12.1 Å². The number of aliphatic hydroxyl groups is 2. The molecule has 0 unspecified atom stereocenters. The molecule has 29 heavy (non-hydrogen) atoms. The van der Waals surface area contributed by atoms with Crippen molar-refractivity contribution in [2.45, 2.75) is 25.0 Å². The van der Waals surface area contributed by atoms with Crippen LogP contribution < -0.4 is 19.9 Å². The van der Waals surface area contributed by atoms with Crippen molar-refractivity contribution < 1.29 is 14.9 Å². The SMILES string of the molecule is CN(C)c1cc(N2CC[C@](O)(CNCc3ccc(OCCCO)cc3)C2)ncn1. The van der Waals surface area contributed by atoms with Gasteiger partial charge in [-0.05, 0) is 24.1 Å². The first-order valence-corrected chi connectivity index (χ1v) is 9.99. The summed E-state index contributed by atoms with van der Waals surface area (Å²) < 4.78 is 5.54. The van der Waals surface area contributed by atoms with Crippen molar-refractivity contribution in [3.05, 3.63) is 42.2 Å². The Hall–Kier alpha value is -2.42. The van der Waals surface area contributed by atoms with Crippen LogP contribution in [0.15, 0.2) is 36.7 Å². The van der Waals surface area contributed by atoms with E-state index in [2.05, 4.69) is 20.2 Å². The standard InChI is InChI=1S/C21H31N5O3/c1-25(2)19-12-20(24-16-23-19)26-9-8-21(28,15-26)14-22-13-17-4-6-18(7-5-17)29-11-3-10-27/h4-7,12,16,22,27-28H,3,8-11,13-15H2,1-2H3/t21-/m0/s1. The highest BCUT2D eigenvalue weighted by atomic mass is 16.5. The van der Waals surface area contributed by atoms with Gasteiger partial charge in [0.05, 0.1) is 12.2 Å². The highest BCUT2D eigenvalue weighted by Crippen LogP contribution is 2.26. The van der Waals surface area contributed by atoms with Crippen LogP contribution in [0.4, 0.5) is 11.6 Å². The second kappa shape index (κ2) is 9.87. The number of aliphatic hydroxyl groups excluding tert-OH is 1. The highest BCUT2D eigenvalue weighted by Gasteiger charge is 2.36. The Morgan fingerprint density at radius 2 is 2.03 bits per heavy atom. The molecular formula is C21H31N5O3. The van der Waals surface area contributed by atoms with Crippen molar-refractivity contribution in [3.63, 3.8) is 0 Å². The number of ether oxygens (including phenoxy) is 1. The molecule has 1 saturated heterocycles. The Kier molecular flexibility index (Phi) is 7.24. The number of benzene rings is 1. The minimum atomic E-state index is -0.781. The zero-order valence-electron chi connectivity index (χ0n) is 17.2. The predicted molar refractivity (Wildman–Crippen MR) is 113 cm³/mol. The first-order valence-electron chi connectivity index (χ1n) is 9.99. The van der Waals surface area contributed by atoms with Crippen molar-refractivity contribution in [2.24, 2.45) is 0 Å². The lowest BCUT2D eigenvalue weighted by Crippen LogP contribution is -2.43. The minimum Gasteiger partial charge on any atom is -0.494 e. The van der Waals surface area contributed by atoms with Crippen molar-refractivity contribution in [1.29, 1.82) is 0 Å². The highest BCUT2D eigenvalue weighted by molar-refractivity contribution is 5.50. The fourth-order valence-electron chi connectivity index (χ4n) is 3.35. The molecule has 8 nitrogen and oxygen atoms in total. The van der Waals surface area contributed by atoms with Crippen LogP contribution in [0.1, 0.15) is 18.4 Å². The van der Waals surface area contributed by atoms with Crippen LogP contribution in [-0.2, 0) is 6.54 Å². The quantitative estimate of drug-likeness (QED) is 0.509. The van der Waals surface area contributed by atoms with Crippen molar-refractivity contribution >= 4 is 11.6 Å². The molecule has 3 rings (SSSR count). The number of hydrogen-bond acceptors (Lipinski definition) is 8. The lowest BCUT2D eigenvalue weighted by Gasteiger charge is -2.24. The molecule has 1 aliphatic rings. The van der Waals surface area contributed by atoms with Gasteiger partial charge < -0.3 is 30.1 Å². The topological polar surface area (TPSA) is 94.0 Å². The molecule has 3 N–H and O–H groups in total. The van der Waals surface area contributed by atoms with Crippen LogP contribution in [-0.4, -0.2) is 72.7 Å². The summed E-state index contributed by atoms with van der Waals surface area (Å²) in [5, 5.41) is 23.1. The molecule has 2 heterocycles. The van der Waals surface area contributed by atoms with Crippen LogP contribution in [0.2, 0.25) is 0 Å². The summed E-state index contributed by atoms with van der Waals surface area (Å²) in [5.41, 5.74) is 0.348. The van der Waals surface area contributed by atoms with E-state index < -0.39 is 5.60 Å². The van der Waals surface area contributed by atoms with Gasteiger partial charge >= 0.3 is 0 Å². The fourth-order valence-corrected chi connectivity index (χ4v) is 3.35. The molecule has 0 aliphatic carbocycles. The van der Waals surface area contributed by atoms with Crippen LogP contribution in [0.25, 0.3) is 0 Å². The molecule has 2 aromatic rings. The second-order valence-electron chi connectivity index (χ2n) is 7.70. The van der Waals surface area contributed by atoms with Gasteiger partial charge in [0.1, 0.15) is 23.7 Å². The molecule has 1 fully saturated rings. The summed E-state index contributed by atoms with van der Waals surface area (Å²) in [6, 6.07) is 9.82. The van der Waals surface area contributed by atoms with Gasteiger partial charge in [0, 0.05) is 59.4 Å². The molecule has 8 heteroatoms. The number of aromatic nitrogens is 2. The number of hydrogen-bond donors (Lipinski definition) is 3. The molecule has 0 bridgehead atoms. The van der Waals surface area contributed by atoms with Crippen LogP contribution in [0.3, 0.4) is 0 Å². The van der Waals surface area contributed by atoms with E-state index in [4.69, 9.17) is 9.84 Å². The molecular weight excluding hydrogens is 370 g/mol. The van der Waals surface area contributed by atoms with E-state index in [9.17, 15) is 5.11 Å². The van der Waals surface area contributed by atoms with E-state index in [0.717, 1.165) is 29.5 Å². The van der Waals surface area contributed by atoms with Gasteiger partial charge in [-0.15, -0.1) is 0 Å². The number of nitrogens with one attached hydrogen (secondary N) is 1. The average molecular weight is 402 g/mol. The van der Waals surface area contributed by atoms with E-state index in [-0.39, 0.29) is 6.61 Å². The molecule has 0 radical (unpaired) electrons. The van der Waals surface area contributed by atoms with Crippen molar-refractivity contribution in [2.75, 3.05) is 56.7 Å². The first-order chi connectivity index (χ1) is 14.0. The third-order valence-electron chi connectivity index (χ3n) is 5.03. The van der Waals surface area contributed by atoms with E-state index in [0.29, 0.717) is 39.1 Å². The van der Waals surface area contributed by atoms with Gasteiger partial charge in [-0.25, -0.2) is 9.97 Å². The Balaban J connectivity index is 1.47. The summed E-state index contributed by atoms with van der Waals surface area (Å²) in [4.78, 5) is 12.7. The number of anilines is 2. The summed E-state index contributed by atoms with van der Waals surface area (Å²) in [6.07, 6.45) is 2.89. The zero-order valence-corrected chi connectivity index (χ0v) is 17.2. The van der Waals surface area contributed by atoms with Crippen molar-refractivity contribution in [1.82, 2.24) is 15.3 Å². The summed E-state index contributed by atoms with van der Waals surface area (Å²) in [6.45, 7) is 3.15. The maximum absolute atomic E-state index is 10.9. The predicted octanol–water partition coefficient (Wildman–Crippen LogP) is 1.03. The largest absolute Gasteiger partial charge is 0.494 e. The van der Waals surface area contributed by atoms with Crippen LogP contribution >= 0.6 is 0 Å². The first kappa shape index (κ1) is 21.3. The lowest BCUT2D eigenvalue weighted by atomic mass is 10.0. The Morgan fingerprint density at radius 3 is 2.76 bits per heavy atom. The molecule has 1 aromatic carbocycles. The van der Waals surface area contributed by atoms with Gasteiger partial charge in [0.15, 0.2) is 0 Å². The lowest BCUT2D eigenvalue weighted by molar-refractivity contribution is 0.0626. The Labute approximate surface area is 172 Å². The van der Waals surface area contributed by atoms with Gasteiger partial charge in [-0.3, -0.25) is 0 Å². The van der Waals surface area contributed by atoms with Gasteiger partial charge in [-0.2, -0.15) is 0 Å². The molecule has 1 aromatic heterocycles. The zero-order chi connectivity index (χ0) is 20.7. The molecule has 0 amide bonds. The smallest absolute Gasteiger partial charge is 0.134 e. The average Bonchev–Trinajstić information content (AvgIpc) is 3.12. The molecule has 1 aliphatic heterocycles. The Bertz CT molecular complexity index is 771. The Morgan fingerprint density at radius 1 is 1.24 bits per heavy atom. The third kappa shape index (κ3) is 6.03. The minimum absolute atomic E-state index is 0.135. The van der Waals surface area contributed by atoms with Crippen molar-refractivity contribution in [3.8, 4) is 5.75 Å². The van der Waals surface area contributed by atoms with Crippen LogP contribution in [0, 0.1) is 0 Å². The number of rotatable bonds is 10.